The quantitative estimate of drug-likeness (QED) is 0.813. The van der Waals surface area contributed by atoms with Crippen molar-refractivity contribution in [2.24, 2.45) is 0 Å². The van der Waals surface area contributed by atoms with E-state index in [4.69, 9.17) is 23.2 Å². The number of anilines is 2. The largest absolute Gasteiger partial charge is 0.376 e. The van der Waals surface area contributed by atoms with Crippen LogP contribution in [0, 0.1) is 6.92 Å². The number of hydrogen-bond acceptors (Lipinski definition) is 2. The van der Waals surface area contributed by atoms with Gasteiger partial charge in [0.15, 0.2) is 0 Å². The van der Waals surface area contributed by atoms with E-state index < -0.39 is 0 Å². The molecule has 0 heterocycles. The Morgan fingerprint density at radius 1 is 1.14 bits per heavy atom. The summed E-state index contributed by atoms with van der Waals surface area (Å²) in [6.07, 6.45) is 0.873. The van der Waals surface area contributed by atoms with Gasteiger partial charge >= 0.3 is 0 Å². The third-order valence-corrected chi connectivity index (χ3v) is 4.12. The highest BCUT2D eigenvalue weighted by Gasteiger charge is 2.08. The summed E-state index contributed by atoms with van der Waals surface area (Å²) in [5.74, 6) is -0.102. The first-order chi connectivity index (χ1) is 10.5. The molecule has 0 saturated heterocycles. The molecule has 1 amide bonds. The molecular formula is C17H18Cl2N2O. The molecule has 2 rings (SSSR count). The minimum Gasteiger partial charge on any atom is -0.376 e. The molecule has 0 bridgehead atoms. The topological polar surface area (TPSA) is 41.1 Å². The molecule has 0 aliphatic heterocycles. The summed E-state index contributed by atoms with van der Waals surface area (Å²) < 4.78 is 0. The molecule has 0 aromatic heterocycles. The summed E-state index contributed by atoms with van der Waals surface area (Å²) >= 11 is 11.8. The van der Waals surface area contributed by atoms with E-state index in [2.05, 4.69) is 17.6 Å². The number of carbonyl (C=O) groups is 1. The summed E-state index contributed by atoms with van der Waals surface area (Å²) in [6, 6.07) is 11.2. The summed E-state index contributed by atoms with van der Waals surface area (Å²) in [6.45, 7) is 4.22. The molecule has 3 nitrogen and oxygen atoms in total. The SMILES string of the molecule is CCc1cccc(C)c1NC(=O)CNc1ccc(Cl)c(Cl)c1. The fourth-order valence-electron chi connectivity index (χ4n) is 2.17. The van der Waals surface area contributed by atoms with Crippen molar-refractivity contribution >= 4 is 40.5 Å². The fourth-order valence-corrected chi connectivity index (χ4v) is 2.47. The molecule has 0 fully saturated rings. The number of hydrogen-bond donors (Lipinski definition) is 2. The third kappa shape index (κ3) is 4.15. The lowest BCUT2D eigenvalue weighted by Crippen LogP contribution is -2.22. The van der Waals surface area contributed by atoms with Gasteiger partial charge in [0.2, 0.25) is 5.91 Å². The first kappa shape index (κ1) is 16.7. The highest BCUT2D eigenvalue weighted by atomic mass is 35.5. The van der Waals surface area contributed by atoms with Gasteiger partial charge in [-0.1, -0.05) is 48.3 Å². The van der Waals surface area contributed by atoms with Crippen molar-refractivity contribution in [1.82, 2.24) is 0 Å². The molecule has 5 heteroatoms. The van der Waals surface area contributed by atoms with Crippen molar-refractivity contribution < 1.29 is 4.79 Å². The maximum absolute atomic E-state index is 12.1. The Morgan fingerprint density at radius 2 is 1.91 bits per heavy atom. The van der Waals surface area contributed by atoms with Gasteiger partial charge in [-0.05, 0) is 42.7 Å². The molecule has 0 aliphatic rings. The van der Waals surface area contributed by atoms with Crippen molar-refractivity contribution in [1.29, 1.82) is 0 Å². The zero-order valence-corrected chi connectivity index (χ0v) is 14.1. The number of aryl methyl sites for hydroxylation is 2. The smallest absolute Gasteiger partial charge is 0.243 e. The molecule has 0 aliphatic carbocycles. The maximum atomic E-state index is 12.1. The van der Waals surface area contributed by atoms with Crippen LogP contribution in [0.3, 0.4) is 0 Å². The third-order valence-electron chi connectivity index (χ3n) is 3.38. The van der Waals surface area contributed by atoms with Crippen LogP contribution in [0.1, 0.15) is 18.1 Å². The molecular weight excluding hydrogens is 319 g/mol. The number of nitrogens with one attached hydrogen (secondary N) is 2. The van der Waals surface area contributed by atoms with Gasteiger partial charge in [0, 0.05) is 11.4 Å². The van der Waals surface area contributed by atoms with Crippen LogP contribution in [0.4, 0.5) is 11.4 Å². The lowest BCUT2D eigenvalue weighted by atomic mass is 10.1. The maximum Gasteiger partial charge on any atom is 0.243 e. The lowest BCUT2D eigenvalue weighted by Gasteiger charge is -2.13. The predicted octanol–water partition coefficient (Wildman–Crippen LogP) is 4.91. The number of para-hydroxylation sites is 1. The average molecular weight is 337 g/mol. The monoisotopic (exact) mass is 336 g/mol. The summed E-state index contributed by atoms with van der Waals surface area (Å²) in [5, 5.41) is 6.95. The molecule has 0 unspecified atom stereocenters. The van der Waals surface area contributed by atoms with Crippen LogP contribution in [-0.2, 0) is 11.2 Å². The van der Waals surface area contributed by atoms with E-state index in [1.54, 1.807) is 18.2 Å². The molecule has 0 atom stereocenters. The van der Waals surface area contributed by atoms with E-state index in [1.165, 1.54) is 0 Å². The highest BCUT2D eigenvalue weighted by Crippen LogP contribution is 2.25. The molecule has 2 N–H and O–H groups in total. The van der Waals surface area contributed by atoms with Crippen LogP contribution < -0.4 is 10.6 Å². The van der Waals surface area contributed by atoms with Gasteiger partial charge in [0.25, 0.3) is 0 Å². The van der Waals surface area contributed by atoms with Gasteiger partial charge in [-0.25, -0.2) is 0 Å². The Hall–Kier alpha value is -1.71. The molecule has 116 valence electrons. The van der Waals surface area contributed by atoms with Crippen LogP contribution in [0.25, 0.3) is 0 Å². The summed E-state index contributed by atoms with van der Waals surface area (Å²) in [4.78, 5) is 12.1. The van der Waals surface area contributed by atoms with Crippen LogP contribution in [-0.4, -0.2) is 12.5 Å². The van der Waals surface area contributed by atoms with Crippen molar-refractivity contribution in [3.8, 4) is 0 Å². The minimum atomic E-state index is -0.102. The number of benzene rings is 2. The lowest BCUT2D eigenvalue weighted by molar-refractivity contribution is -0.114. The standard InChI is InChI=1S/C17H18Cl2N2O/c1-3-12-6-4-5-11(2)17(12)21-16(22)10-20-13-7-8-14(18)15(19)9-13/h4-9,20H,3,10H2,1-2H3,(H,21,22). The second kappa shape index (κ2) is 7.52. The van der Waals surface area contributed by atoms with Crippen molar-refractivity contribution in [3.63, 3.8) is 0 Å². The Kier molecular flexibility index (Phi) is 5.69. The highest BCUT2D eigenvalue weighted by molar-refractivity contribution is 6.42. The van der Waals surface area contributed by atoms with Gasteiger partial charge in [0.1, 0.15) is 0 Å². The Bertz CT molecular complexity index is 686. The van der Waals surface area contributed by atoms with Crippen molar-refractivity contribution in [2.75, 3.05) is 17.2 Å². The summed E-state index contributed by atoms with van der Waals surface area (Å²) in [7, 11) is 0. The van der Waals surface area contributed by atoms with Crippen LogP contribution >= 0.6 is 23.2 Å². The van der Waals surface area contributed by atoms with Crippen LogP contribution in [0.2, 0.25) is 10.0 Å². The molecule has 0 radical (unpaired) electrons. The molecule has 0 spiro atoms. The van der Waals surface area contributed by atoms with Gasteiger partial charge < -0.3 is 10.6 Å². The van der Waals surface area contributed by atoms with Crippen LogP contribution in [0.15, 0.2) is 36.4 Å². The average Bonchev–Trinajstić information content (AvgIpc) is 2.50. The first-order valence-electron chi connectivity index (χ1n) is 7.08. The van der Waals surface area contributed by atoms with E-state index in [1.807, 2.05) is 25.1 Å². The van der Waals surface area contributed by atoms with Gasteiger partial charge in [-0.15, -0.1) is 0 Å². The summed E-state index contributed by atoms with van der Waals surface area (Å²) in [5.41, 5.74) is 3.83. The Morgan fingerprint density at radius 3 is 2.59 bits per heavy atom. The molecule has 0 saturated carbocycles. The number of halogens is 2. The van der Waals surface area contributed by atoms with E-state index in [0.29, 0.717) is 10.0 Å². The molecule has 2 aromatic carbocycles. The van der Waals surface area contributed by atoms with Gasteiger partial charge in [0.05, 0.1) is 16.6 Å². The Balaban J connectivity index is 2.00. The van der Waals surface area contributed by atoms with Gasteiger partial charge in [-0.2, -0.15) is 0 Å². The predicted molar refractivity (Wildman–Crippen MR) is 94.1 cm³/mol. The molecule has 22 heavy (non-hydrogen) atoms. The normalized spacial score (nSPS) is 10.4. The second-order valence-corrected chi connectivity index (χ2v) is 5.81. The minimum absolute atomic E-state index is 0.102. The van der Waals surface area contributed by atoms with Crippen molar-refractivity contribution in [2.45, 2.75) is 20.3 Å². The fraction of sp³-hybridized carbons (Fsp3) is 0.235. The number of rotatable bonds is 5. The zero-order valence-electron chi connectivity index (χ0n) is 12.5. The Labute approximate surface area is 140 Å². The van der Waals surface area contributed by atoms with E-state index >= 15 is 0 Å². The zero-order chi connectivity index (χ0) is 16.1. The van der Waals surface area contributed by atoms with E-state index in [-0.39, 0.29) is 12.5 Å². The number of carbonyl (C=O) groups excluding carboxylic acids is 1. The van der Waals surface area contributed by atoms with Crippen LogP contribution in [0.5, 0.6) is 0 Å². The first-order valence-corrected chi connectivity index (χ1v) is 7.84. The number of amides is 1. The second-order valence-electron chi connectivity index (χ2n) is 4.99. The van der Waals surface area contributed by atoms with Crippen molar-refractivity contribution in [3.05, 3.63) is 57.6 Å². The van der Waals surface area contributed by atoms with E-state index in [9.17, 15) is 4.79 Å². The van der Waals surface area contributed by atoms with Gasteiger partial charge in [-0.3, -0.25) is 4.79 Å². The molecule has 2 aromatic rings. The van der Waals surface area contributed by atoms with E-state index in [0.717, 1.165) is 28.9 Å².